The topological polar surface area (TPSA) is 67.0 Å². The van der Waals surface area contributed by atoms with Crippen LogP contribution in [0.4, 0.5) is 5.69 Å². The molecule has 3 aromatic carbocycles. The maximum atomic E-state index is 12.2. The van der Waals surface area contributed by atoms with Crippen LogP contribution in [0.5, 0.6) is 5.75 Å². The van der Waals surface area contributed by atoms with Crippen molar-refractivity contribution >= 4 is 24.0 Å². The molecule has 0 saturated carbocycles. The van der Waals surface area contributed by atoms with Gasteiger partial charge in [-0.05, 0) is 54.1 Å². The molecule has 0 bridgehead atoms. The van der Waals surface area contributed by atoms with E-state index in [1.807, 2.05) is 66.7 Å². The number of H-pyrrole nitrogens is 1. The van der Waals surface area contributed by atoms with Crippen molar-refractivity contribution in [3.63, 3.8) is 0 Å². The van der Waals surface area contributed by atoms with Crippen molar-refractivity contribution in [3.8, 4) is 28.4 Å². The highest BCUT2D eigenvalue weighted by Crippen LogP contribution is 2.25. The average molecular weight is 406 g/mol. The maximum absolute atomic E-state index is 12.2. The lowest BCUT2D eigenvalue weighted by atomic mass is 10.1. The van der Waals surface area contributed by atoms with Gasteiger partial charge in [0.1, 0.15) is 11.6 Å². The fraction of sp³-hybridized carbons (Fsp3) is 0.0435. The number of nitrogens with zero attached hydrogens (tertiary/aromatic N) is 1. The number of methoxy groups -OCH3 is 1. The van der Waals surface area contributed by atoms with Crippen LogP contribution < -0.4 is 10.1 Å². The first kappa shape index (κ1) is 20.2. The zero-order chi connectivity index (χ0) is 19.3. The highest BCUT2D eigenvalue weighted by atomic mass is 35.5. The van der Waals surface area contributed by atoms with E-state index in [9.17, 15) is 4.79 Å². The number of amides is 1. The van der Waals surface area contributed by atoms with Crippen molar-refractivity contribution in [1.82, 2.24) is 9.97 Å². The summed E-state index contributed by atoms with van der Waals surface area (Å²) in [5, 5.41) is 2.90. The number of hydrogen-bond acceptors (Lipinski definition) is 3. The second kappa shape index (κ2) is 9.08. The third-order valence-corrected chi connectivity index (χ3v) is 4.43. The summed E-state index contributed by atoms with van der Waals surface area (Å²) in [5.74, 6) is 1.47. The van der Waals surface area contributed by atoms with Gasteiger partial charge in [-0.3, -0.25) is 4.79 Å². The summed E-state index contributed by atoms with van der Waals surface area (Å²) < 4.78 is 5.19. The normalized spacial score (nSPS) is 10.1. The molecule has 4 aromatic rings. The largest absolute Gasteiger partial charge is 0.497 e. The molecule has 0 aliphatic rings. The lowest BCUT2D eigenvalue weighted by Crippen LogP contribution is -2.11. The molecular weight excluding hydrogens is 386 g/mol. The van der Waals surface area contributed by atoms with Crippen molar-refractivity contribution in [2.45, 2.75) is 0 Å². The van der Waals surface area contributed by atoms with Gasteiger partial charge in [0.05, 0.1) is 19.0 Å². The van der Waals surface area contributed by atoms with Gasteiger partial charge >= 0.3 is 0 Å². The van der Waals surface area contributed by atoms with Crippen LogP contribution in [0.1, 0.15) is 10.4 Å². The van der Waals surface area contributed by atoms with Gasteiger partial charge in [-0.1, -0.05) is 30.3 Å². The molecule has 0 spiro atoms. The first-order valence-corrected chi connectivity index (χ1v) is 8.89. The van der Waals surface area contributed by atoms with Crippen LogP contribution in [0.15, 0.2) is 85.1 Å². The van der Waals surface area contributed by atoms with E-state index in [-0.39, 0.29) is 18.3 Å². The van der Waals surface area contributed by atoms with Gasteiger partial charge in [-0.25, -0.2) is 4.98 Å². The summed E-state index contributed by atoms with van der Waals surface area (Å²) in [4.78, 5) is 20.0. The molecule has 0 aliphatic carbocycles. The standard InChI is InChI=1S/C23H19N3O2.ClH/c1-28-20-13-9-17(10-14-20)22-24-15-21(26-22)16-7-11-19(12-8-16)25-23(27)18-5-3-2-4-6-18;/h2-15H,1H3,(H,24,26)(H,25,27);1H. The first-order valence-electron chi connectivity index (χ1n) is 8.89. The third kappa shape index (κ3) is 4.65. The van der Waals surface area contributed by atoms with E-state index < -0.39 is 0 Å². The summed E-state index contributed by atoms with van der Waals surface area (Å²) in [6.07, 6.45) is 1.80. The van der Waals surface area contributed by atoms with Gasteiger partial charge < -0.3 is 15.0 Å². The number of anilines is 1. The average Bonchev–Trinajstić information content (AvgIpc) is 3.25. The highest BCUT2D eigenvalue weighted by Gasteiger charge is 2.08. The van der Waals surface area contributed by atoms with Gasteiger partial charge in [0.2, 0.25) is 0 Å². The number of rotatable bonds is 5. The lowest BCUT2D eigenvalue weighted by Gasteiger charge is -2.06. The Kier molecular flexibility index (Phi) is 6.32. The molecule has 1 amide bonds. The monoisotopic (exact) mass is 405 g/mol. The lowest BCUT2D eigenvalue weighted by molar-refractivity contribution is 0.102. The van der Waals surface area contributed by atoms with E-state index in [1.54, 1.807) is 25.4 Å². The predicted octanol–water partition coefficient (Wildman–Crippen LogP) is 5.43. The number of hydrogen-bond donors (Lipinski definition) is 2. The Morgan fingerprint density at radius 3 is 2.21 bits per heavy atom. The molecule has 2 N–H and O–H groups in total. The van der Waals surface area contributed by atoms with Gasteiger partial charge in [0.15, 0.2) is 0 Å². The summed E-state index contributed by atoms with van der Waals surface area (Å²) >= 11 is 0. The number of carbonyl (C=O) groups is 1. The molecule has 1 heterocycles. The number of nitrogens with one attached hydrogen (secondary N) is 2. The van der Waals surface area contributed by atoms with Gasteiger partial charge in [-0.15, -0.1) is 12.4 Å². The number of halogens is 1. The van der Waals surface area contributed by atoms with E-state index in [0.29, 0.717) is 5.56 Å². The van der Waals surface area contributed by atoms with Crippen molar-refractivity contribution in [3.05, 3.63) is 90.6 Å². The molecule has 0 fully saturated rings. The molecule has 5 nitrogen and oxygen atoms in total. The van der Waals surface area contributed by atoms with Crippen LogP contribution in [-0.4, -0.2) is 23.0 Å². The molecule has 146 valence electrons. The van der Waals surface area contributed by atoms with Crippen molar-refractivity contribution in [1.29, 1.82) is 0 Å². The minimum Gasteiger partial charge on any atom is -0.497 e. The second-order valence-electron chi connectivity index (χ2n) is 6.27. The predicted molar refractivity (Wildman–Crippen MR) is 118 cm³/mol. The molecule has 0 radical (unpaired) electrons. The molecule has 0 aliphatic heterocycles. The van der Waals surface area contributed by atoms with Crippen LogP contribution in [0.3, 0.4) is 0 Å². The van der Waals surface area contributed by atoms with Crippen LogP contribution in [0.2, 0.25) is 0 Å². The Morgan fingerprint density at radius 2 is 1.55 bits per heavy atom. The molecule has 29 heavy (non-hydrogen) atoms. The molecule has 0 atom stereocenters. The first-order chi connectivity index (χ1) is 13.7. The SMILES string of the molecule is COc1ccc(-c2ncc(-c3ccc(NC(=O)c4ccccc4)cc3)[nH]2)cc1.Cl. The fourth-order valence-electron chi connectivity index (χ4n) is 2.89. The van der Waals surface area contributed by atoms with E-state index in [2.05, 4.69) is 15.3 Å². The van der Waals surface area contributed by atoms with Crippen LogP contribution in [0.25, 0.3) is 22.6 Å². The second-order valence-corrected chi connectivity index (χ2v) is 6.27. The van der Waals surface area contributed by atoms with E-state index in [4.69, 9.17) is 4.74 Å². The number of aromatic nitrogens is 2. The van der Waals surface area contributed by atoms with E-state index in [0.717, 1.165) is 34.1 Å². The summed E-state index contributed by atoms with van der Waals surface area (Å²) in [6.45, 7) is 0. The fourth-order valence-corrected chi connectivity index (χ4v) is 2.89. The van der Waals surface area contributed by atoms with Crippen molar-refractivity contribution in [2.24, 2.45) is 0 Å². The quantitative estimate of drug-likeness (QED) is 0.465. The summed E-state index contributed by atoms with van der Waals surface area (Å²) in [7, 11) is 1.64. The van der Waals surface area contributed by atoms with Gasteiger partial charge in [-0.2, -0.15) is 0 Å². The molecule has 0 saturated heterocycles. The molecule has 1 aromatic heterocycles. The maximum Gasteiger partial charge on any atom is 0.255 e. The minimum atomic E-state index is -0.128. The number of aromatic amines is 1. The zero-order valence-corrected chi connectivity index (χ0v) is 16.6. The number of carbonyl (C=O) groups excluding carboxylic acids is 1. The molecule has 4 rings (SSSR count). The molecule has 0 unspecified atom stereocenters. The van der Waals surface area contributed by atoms with Crippen molar-refractivity contribution in [2.75, 3.05) is 12.4 Å². The van der Waals surface area contributed by atoms with Crippen LogP contribution >= 0.6 is 12.4 Å². The molecular formula is C23H20ClN3O2. The Balaban J connectivity index is 0.00000240. The molecule has 6 heteroatoms. The smallest absolute Gasteiger partial charge is 0.255 e. The van der Waals surface area contributed by atoms with E-state index >= 15 is 0 Å². The third-order valence-electron chi connectivity index (χ3n) is 4.43. The van der Waals surface area contributed by atoms with Gasteiger partial charge in [0.25, 0.3) is 5.91 Å². The number of ether oxygens (including phenoxy) is 1. The zero-order valence-electron chi connectivity index (χ0n) is 15.8. The van der Waals surface area contributed by atoms with Crippen molar-refractivity contribution < 1.29 is 9.53 Å². The Bertz CT molecular complexity index is 1080. The Labute approximate surface area is 175 Å². The van der Waals surface area contributed by atoms with E-state index in [1.165, 1.54) is 0 Å². The number of imidazole rings is 1. The summed E-state index contributed by atoms with van der Waals surface area (Å²) in [6, 6.07) is 24.5. The van der Waals surface area contributed by atoms with Crippen LogP contribution in [-0.2, 0) is 0 Å². The number of benzene rings is 3. The minimum absolute atomic E-state index is 0. The highest BCUT2D eigenvalue weighted by molar-refractivity contribution is 6.04. The Hall–Kier alpha value is -3.57. The van der Waals surface area contributed by atoms with Gasteiger partial charge in [0, 0.05) is 16.8 Å². The summed E-state index contributed by atoms with van der Waals surface area (Å²) in [5.41, 5.74) is 4.26. The Morgan fingerprint density at radius 1 is 0.897 bits per heavy atom. The van der Waals surface area contributed by atoms with Crippen LogP contribution in [0, 0.1) is 0 Å².